The van der Waals surface area contributed by atoms with Crippen molar-refractivity contribution in [3.05, 3.63) is 54.9 Å². The summed E-state index contributed by atoms with van der Waals surface area (Å²) in [4.78, 5) is 21.0. The van der Waals surface area contributed by atoms with E-state index in [-0.39, 0.29) is 11.2 Å². The van der Waals surface area contributed by atoms with E-state index in [4.69, 9.17) is 0 Å². The highest BCUT2D eigenvalue weighted by Crippen LogP contribution is 2.30. The summed E-state index contributed by atoms with van der Waals surface area (Å²) < 4.78 is 1.95. The van der Waals surface area contributed by atoms with Crippen LogP contribution in [0.2, 0.25) is 0 Å². The van der Waals surface area contributed by atoms with Crippen LogP contribution < -0.4 is 5.32 Å². The zero-order valence-corrected chi connectivity index (χ0v) is 16.8. The number of aromatic nitrogens is 4. The average Bonchev–Trinajstić information content (AvgIpc) is 3.39. The Morgan fingerprint density at radius 1 is 1.21 bits per heavy atom. The Kier molecular flexibility index (Phi) is 5.73. The first-order valence-electron chi connectivity index (χ1n) is 8.78. The summed E-state index contributed by atoms with van der Waals surface area (Å²) in [6, 6.07) is 13.7. The zero-order chi connectivity index (χ0) is 19.3. The average molecular weight is 411 g/mol. The van der Waals surface area contributed by atoms with Crippen LogP contribution in [-0.2, 0) is 4.79 Å². The third kappa shape index (κ3) is 4.10. The molecule has 0 spiro atoms. The lowest BCUT2D eigenvalue weighted by atomic mass is 10.2. The fourth-order valence-corrected chi connectivity index (χ4v) is 4.27. The molecule has 0 fully saturated rings. The van der Waals surface area contributed by atoms with Crippen molar-refractivity contribution in [1.82, 2.24) is 25.1 Å². The van der Waals surface area contributed by atoms with E-state index in [0.29, 0.717) is 16.1 Å². The quantitative estimate of drug-likeness (QED) is 0.651. The molecule has 0 bridgehead atoms. The van der Waals surface area contributed by atoms with Crippen molar-refractivity contribution in [3.8, 4) is 17.1 Å². The summed E-state index contributed by atoms with van der Waals surface area (Å²) in [6.07, 6.45) is 3.47. The number of nitrogens with zero attached hydrogens (tertiary/aromatic N) is 5. The van der Waals surface area contributed by atoms with Gasteiger partial charge < -0.3 is 5.32 Å². The number of thioether (sulfide) groups is 2. The number of hydrogen-bond acceptors (Lipinski definition) is 7. The van der Waals surface area contributed by atoms with Crippen LogP contribution in [0.3, 0.4) is 0 Å². The Morgan fingerprint density at radius 3 is 2.79 bits per heavy atom. The minimum Gasteiger partial charge on any atom is -0.304 e. The Bertz CT molecular complexity index is 990. The van der Waals surface area contributed by atoms with Gasteiger partial charge in [0, 0.05) is 29.4 Å². The summed E-state index contributed by atoms with van der Waals surface area (Å²) in [7, 11) is 0. The summed E-state index contributed by atoms with van der Waals surface area (Å²) in [5, 5.41) is 12.6. The lowest BCUT2D eigenvalue weighted by Gasteiger charge is -2.13. The van der Waals surface area contributed by atoms with Crippen molar-refractivity contribution in [2.75, 3.05) is 12.3 Å². The molecule has 7 nitrogen and oxygen atoms in total. The molecule has 1 aliphatic rings. The summed E-state index contributed by atoms with van der Waals surface area (Å²) in [5.41, 5.74) is 1.79. The molecule has 0 radical (unpaired) electrons. The van der Waals surface area contributed by atoms with Gasteiger partial charge in [-0.15, -0.1) is 10.2 Å². The number of amides is 1. The predicted molar refractivity (Wildman–Crippen MR) is 113 cm³/mol. The largest absolute Gasteiger partial charge is 0.304 e. The number of nitrogens with one attached hydrogen (secondary N) is 1. The first-order chi connectivity index (χ1) is 13.7. The van der Waals surface area contributed by atoms with Crippen LogP contribution in [0, 0.1) is 0 Å². The molecule has 0 saturated carbocycles. The van der Waals surface area contributed by atoms with Crippen molar-refractivity contribution < 1.29 is 4.79 Å². The molecule has 142 valence electrons. The second-order valence-electron chi connectivity index (χ2n) is 6.00. The normalized spacial score (nSPS) is 14.5. The van der Waals surface area contributed by atoms with Crippen LogP contribution in [0.4, 0.5) is 0 Å². The van der Waals surface area contributed by atoms with Crippen LogP contribution >= 0.6 is 23.5 Å². The summed E-state index contributed by atoms with van der Waals surface area (Å²) in [6.45, 7) is 2.60. The highest BCUT2D eigenvalue weighted by atomic mass is 32.2. The zero-order valence-electron chi connectivity index (χ0n) is 15.1. The van der Waals surface area contributed by atoms with Gasteiger partial charge in [0.05, 0.1) is 11.8 Å². The maximum absolute atomic E-state index is 12.5. The molecule has 3 heterocycles. The second kappa shape index (κ2) is 8.57. The minimum atomic E-state index is -0.350. The van der Waals surface area contributed by atoms with Gasteiger partial charge in [-0.2, -0.15) is 0 Å². The van der Waals surface area contributed by atoms with Crippen LogP contribution in [0.25, 0.3) is 17.1 Å². The Morgan fingerprint density at radius 2 is 2.07 bits per heavy atom. The molecule has 0 unspecified atom stereocenters. The molecule has 0 aliphatic carbocycles. The monoisotopic (exact) mass is 410 g/mol. The fraction of sp³-hybridized carbons (Fsp3) is 0.211. The molecule has 1 aliphatic heterocycles. The fourth-order valence-electron chi connectivity index (χ4n) is 2.67. The predicted octanol–water partition coefficient (Wildman–Crippen LogP) is 3.03. The lowest BCUT2D eigenvalue weighted by molar-refractivity contribution is -0.118. The van der Waals surface area contributed by atoms with Gasteiger partial charge in [-0.05, 0) is 31.2 Å². The molecule has 3 aromatic rings. The first kappa shape index (κ1) is 18.7. The minimum absolute atomic E-state index is 0.0938. The van der Waals surface area contributed by atoms with Gasteiger partial charge in [-0.1, -0.05) is 41.7 Å². The maximum atomic E-state index is 12.5. The Hall–Kier alpha value is -2.65. The van der Waals surface area contributed by atoms with Crippen molar-refractivity contribution in [2.45, 2.75) is 17.3 Å². The van der Waals surface area contributed by atoms with E-state index in [2.05, 4.69) is 25.5 Å². The second-order valence-corrected chi connectivity index (χ2v) is 8.40. The SMILES string of the molecule is C[C@H](Sc1nnc(-c2cccnc2)n1-c1ccccc1)C(=O)NC1=NCCS1. The molecule has 1 amide bonds. The standard InChI is InChI=1S/C19H18N6OS2/c1-13(17(26)22-18-21-10-11-27-18)28-19-24-23-16(14-6-5-9-20-12-14)25(19)15-7-3-2-4-8-15/h2-9,12-13H,10-11H2,1H3,(H,21,22,26)/t13-/m0/s1. The molecular weight excluding hydrogens is 392 g/mol. The number of para-hydroxylation sites is 1. The van der Waals surface area contributed by atoms with E-state index in [1.807, 2.05) is 54.0 Å². The number of aliphatic imine (C=N–C) groups is 1. The van der Waals surface area contributed by atoms with Crippen molar-refractivity contribution in [3.63, 3.8) is 0 Å². The Labute approximate surface area is 171 Å². The van der Waals surface area contributed by atoms with Gasteiger partial charge in [-0.3, -0.25) is 19.3 Å². The number of hydrogen-bond donors (Lipinski definition) is 1. The van der Waals surface area contributed by atoms with Gasteiger partial charge in [0.1, 0.15) is 0 Å². The third-order valence-electron chi connectivity index (χ3n) is 4.03. The molecular formula is C19H18N6OS2. The van der Waals surface area contributed by atoms with Gasteiger partial charge >= 0.3 is 0 Å². The highest BCUT2D eigenvalue weighted by Gasteiger charge is 2.23. The van der Waals surface area contributed by atoms with Gasteiger partial charge in [-0.25, -0.2) is 0 Å². The number of amidine groups is 1. The molecule has 1 aromatic carbocycles. The first-order valence-corrected chi connectivity index (χ1v) is 10.6. The molecule has 2 aromatic heterocycles. The van der Waals surface area contributed by atoms with E-state index < -0.39 is 0 Å². The molecule has 4 rings (SSSR count). The van der Waals surface area contributed by atoms with E-state index in [9.17, 15) is 4.79 Å². The van der Waals surface area contributed by atoms with Crippen LogP contribution in [0.15, 0.2) is 65.0 Å². The lowest BCUT2D eigenvalue weighted by Crippen LogP contribution is -2.34. The molecule has 1 atom stereocenters. The van der Waals surface area contributed by atoms with Gasteiger partial charge in [0.15, 0.2) is 16.1 Å². The van der Waals surface area contributed by atoms with E-state index in [0.717, 1.165) is 23.5 Å². The van der Waals surface area contributed by atoms with E-state index >= 15 is 0 Å². The number of pyridine rings is 1. The van der Waals surface area contributed by atoms with Crippen molar-refractivity contribution >= 4 is 34.6 Å². The summed E-state index contributed by atoms with van der Waals surface area (Å²) in [5.74, 6) is 1.50. The molecule has 28 heavy (non-hydrogen) atoms. The number of rotatable bonds is 5. The summed E-state index contributed by atoms with van der Waals surface area (Å²) >= 11 is 2.93. The van der Waals surface area contributed by atoms with Crippen LogP contribution in [0.5, 0.6) is 0 Å². The van der Waals surface area contributed by atoms with Gasteiger partial charge in [0.25, 0.3) is 0 Å². The number of benzene rings is 1. The Balaban J connectivity index is 1.63. The van der Waals surface area contributed by atoms with Gasteiger partial charge in [0.2, 0.25) is 5.91 Å². The van der Waals surface area contributed by atoms with Crippen molar-refractivity contribution in [2.24, 2.45) is 4.99 Å². The maximum Gasteiger partial charge on any atom is 0.239 e. The molecule has 0 saturated heterocycles. The van der Waals surface area contributed by atoms with Crippen molar-refractivity contribution in [1.29, 1.82) is 0 Å². The van der Waals surface area contributed by atoms with Crippen LogP contribution in [-0.4, -0.2) is 48.4 Å². The highest BCUT2D eigenvalue weighted by molar-refractivity contribution is 8.14. The smallest absolute Gasteiger partial charge is 0.239 e. The third-order valence-corrected chi connectivity index (χ3v) is 5.97. The topological polar surface area (TPSA) is 85.1 Å². The number of carbonyl (C=O) groups excluding carboxylic acids is 1. The van der Waals surface area contributed by atoms with Crippen LogP contribution in [0.1, 0.15) is 6.92 Å². The molecule has 9 heteroatoms. The molecule has 1 N–H and O–H groups in total. The van der Waals surface area contributed by atoms with E-state index in [1.54, 1.807) is 24.2 Å². The van der Waals surface area contributed by atoms with E-state index in [1.165, 1.54) is 11.8 Å². The number of carbonyl (C=O) groups is 1.